The van der Waals surface area contributed by atoms with Crippen LogP contribution in [0.5, 0.6) is 0 Å². The Morgan fingerprint density at radius 3 is 3.00 bits per heavy atom. The van der Waals surface area contributed by atoms with E-state index in [-0.39, 0.29) is 6.67 Å². The van der Waals surface area contributed by atoms with Crippen molar-refractivity contribution in [2.45, 2.75) is 6.42 Å². The fourth-order valence-corrected chi connectivity index (χ4v) is 0.246. The molecule has 0 unspecified atom stereocenters. The van der Waals surface area contributed by atoms with Gasteiger partial charge in [-0.05, 0) is 6.42 Å². The normalized spacial score (nSPS) is 10.1. The van der Waals surface area contributed by atoms with Crippen molar-refractivity contribution in [2.75, 3.05) is 13.2 Å². The van der Waals surface area contributed by atoms with Gasteiger partial charge in [-0.15, -0.1) is 0 Å². The number of rotatable bonds is 4. The van der Waals surface area contributed by atoms with Crippen molar-refractivity contribution in [3.8, 4) is 0 Å². The zero-order valence-corrected chi connectivity index (χ0v) is 4.39. The zero-order chi connectivity index (χ0) is 6.24. The molecule has 0 saturated heterocycles. The standard InChI is InChI=1S/C4H8FN2O/c5-2-1-3-6-4-7-8/h8H,1-3H2,(H,6,7). The minimum Gasteiger partial charge on any atom is -0.409 e. The van der Waals surface area contributed by atoms with E-state index in [4.69, 9.17) is 5.21 Å². The summed E-state index contributed by atoms with van der Waals surface area (Å²) in [7, 11) is 0. The second kappa shape index (κ2) is 6.20. The second-order valence-corrected chi connectivity index (χ2v) is 1.18. The summed E-state index contributed by atoms with van der Waals surface area (Å²) in [5, 5.41) is 12.7. The molecule has 0 amide bonds. The molecule has 47 valence electrons. The van der Waals surface area contributed by atoms with Gasteiger partial charge in [-0.1, -0.05) is 5.16 Å². The summed E-state index contributed by atoms with van der Waals surface area (Å²) < 4.78 is 11.3. The third-order valence-electron chi connectivity index (χ3n) is 0.564. The van der Waals surface area contributed by atoms with E-state index in [0.29, 0.717) is 13.0 Å². The lowest BCUT2D eigenvalue weighted by Gasteiger charge is -1.90. The van der Waals surface area contributed by atoms with Crippen molar-refractivity contribution in [2.24, 2.45) is 5.16 Å². The Kier molecular flexibility index (Phi) is 5.58. The van der Waals surface area contributed by atoms with E-state index in [1.54, 1.807) is 0 Å². The first-order chi connectivity index (χ1) is 3.91. The monoisotopic (exact) mass is 119 g/mol. The van der Waals surface area contributed by atoms with Crippen molar-refractivity contribution in [3.63, 3.8) is 0 Å². The van der Waals surface area contributed by atoms with Crippen molar-refractivity contribution < 1.29 is 9.60 Å². The van der Waals surface area contributed by atoms with Crippen molar-refractivity contribution in [1.29, 1.82) is 0 Å². The molecule has 0 aromatic carbocycles. The van der Waals surface area contributed by atoms with E-state index in [1.165, 1.54) is 0 Å². The summed E-state index contributed by atoms with van der Waals surface area (Å²) in [4.78, 5) is 0. The van der Waals surface area contributed by atoms with Crippen LogP contribution in [0.2, 0.25) is 0 Å². The average Bonchev–Trinajstić information content (AvgIpc) is 1.81. The molecule has 0 aliphatic heterocycles. The highest BCUT2D eigenvalue weighted by Gasteiger charge is 1.80. The van der Waals surface area contributed by atoms with Crippen LogP contribution in [0.15, 0.2) is 5.16 Å². The molecule has 0 spiro atoms. The predicted molar refractivity (Wildman–Crippen MR) is 27.8 cm³/mol. The van der Waals surface area contributed by atoms with Crippen LogP contribution in [0.1, 0.15) is 6.42 Å². The molecular formula is C4H8FN2O. The van der Waals surface area contributed by atoms with Crippen LogP contribution in [0.4, 0.5) is 4.39 Å². The zero-order valence-electron chi connectivity index (χ0n) is 4.39. The molecule has 4 heteroatoms. The molecule has 3 nitrogen and oxygen atoms in total. The third-order valence-corrected chi connectivity index (χ3v) is 0.564. The summed E-state index contributed by atoms with van der Waals surface area (Å²) >= 11 is 0. The number of hydrogen-bond donors (Lipinski definition) is 2. The van der Waals surface area contributed by atoms with Gasteiger partial charge < -0.3 is 10.5 Å². The van der Waals surface area contributed by atoms with E-state index >= 15 is 0 Å². The highest BCUT2D eigenvalue weighted by Crippen LogP contribution is 1.73. The topological polar surface area (TPSA) is 44.6 Å². The minimum absolute atomic E-state index is 0.361. The molecule has 0 heterocycles. The second-order valence-electron chi connectivity index (χ2n) is 1.18. The lowest BCUT2D eigenvalue weighted by atomic mass is 10.5. The quantitative estimate of drug-likeness (QED) is 0.139. The third kappa shape index (κ3) is 5.20. The van der Waals surface area contributed by atoms with Gasteiger partial charge in [0.25, 0.3) is 0 Å². The van der Waals surface area contributed by atoms with Crippen molar-refractivity contribution >= 4 is 6.34 Å². The van der Waals surface area contributed by atoms with Gasteiger partial charge in [-0.3, -0.25) is 4.39 Å². The van der Waals surface area contributed by atoms with Crippen molar-refractivity contribution in [3.05, 3.63) is 0 Å². The maximum absolute atomic E-state index is 11.3. The largest absolute Gasteiger partial charge is 0.409 e. The fourth-order valence-electron chi connectivity index (χ4n) is 0.246. The van der Waals surface area contributed by atoms with Gasteiger partial charge in [0.05, 0.1) is 6.67 Å². The van der Waals surface area contributed by atoms with Crippen LogP contribution in [-0.4, -0.2) is 24.8 Å². The Morgan fingerprint density at radius 2 is 2.50 bits per heavy atom. The van der Waals surface area contributed by atoms with E-state index in [1.807, 2.05) is 6.34 Å². The molecule has 0 aromatic heterocycles. The minimum atomic E-state index is -0.361. The van der Waals surface area contributed by atoms with Gasteiger partial charge >= 0.3 is 0 Å². The fraction of sp³-hybridized carbons (Fsp3) is 0.750. The Bertz CT molecular complexity index is 67.1. The average molecular weight is 119 g/mol. The summed E-state index contributed by atoms with van der Waals surface area (Å²) in [6.45, 7) is 0.0979. The van der Waals surface area contributed by atoms with Gasteiger partial charge in [0, 0.05) is 6.54 Å². The molecule has 0 atom stereocenters. The Labute approximate surface area is 47.2 Å². The van der Waals surface area contributed by atoms with Crippen LogP contribution in [-0.2, 0) is 0 Å². The first-order valence-corrected chi connectivity index (χ1v) is 2.29. The highest BCUT2D eigenvalue weighted by atomic mass is 19.1. The highest BCUT2D eigenvalue weighted by molar-refractivity contribution is 5.52. The van der Waals surface area contributed by atoms with Crippen molar-refractivity contribution in [1.82, 2.24) is 5.32 Å². The van der Waals surface area contributed by atoms with E-state index < -0.39 is 0 Å². The molecule has 1 radical (unpaired) electrons. The number of alkyl halides is 1. The van der Waals surface area contributed by atoms with Crippen LogP contribution < -0.4 is 5.32 Å². The number of nitrogens with one attached hydrogen (secondary N) is 1. The molecule has 0 fully saturated rings. The maximum atomic E-state index is 11.3. The summed E-state index contributed by atoms with van der Waals surface area (Å²) in [5.74, 6) is 0. The Balaban J connectivity index is 2.72. The Hall–Kier alpha value is -0.800. The predicted octanol–water partition coefficient (Wildman–Crippen LogP) is 0.230. The van der Waals surface area contributed by atoms with Gasteiger partial charge in [0.15, 0.2) is 0 Å². The molecular weight excluding hydrogens is 111 g/mol. The van der Waals surface area contributed by atoms with Crippen LogP contribution >= 0.6 is 0 Å². The van der Waals surface area contributed by atoms with E-state index in [0.717, 1.165) is 0 Å². The first-order valence-electron chi connectivity index (χ1n) is 2.29. The Morgan fingerprint density at radius 1 is 1.75 bits per heavy atom. The lowest BCUT2D eigenvalue weighted by molar-refractivity contribution is 0.319. The van der Waals surface area contributed by atoms with Crippen LogP contribution in [0.3, 0.4) is 0 Å². The maximum Gasteiger partial charge on any atom is 0.211 e. The lowest BCUT2D eigenvalue weighted by Crippen LogP contribution is -2.12. The van der Waals surface area contributed by atoms with Gasteiger partial charge in [-0.25, -0.2) is 0 Å². The van der Waals surface area contributed by atoms with E-state index in [9.17, 15) is 4.39 Å². The molecule has 0 aliphatic rings. The summed E-state index contributed by atoms with van der Waals surface area (Å²) in [6, 6.07) is 0. The molecule has 0 aliphatic carbocycles. The molecule has 0 rings (SSSR count). The van der Waals surface area contributed by atoms with Gasteiger partial charge in [-0.2, -0.15) is 0 Å². The number of halogens is 1. The summed E-state index contributed by atoms with van der Waals surface area (Å²) in [5.41, 5.74) is 0. The van der Waals surface area contributed by atoms with E-state index in [2.05, 4.69) is 10.5 Å². The SMILES string of the molecule is ON=[C]NCCCF. The first kappa shape index (κ1) is 7.20. The summed E-state index contributed by atoms with van der Waals surface area (Å²) in [6.07, 6.45) is 2.47. The smallest absolute Gasteiger partial charge is 0.211 e. The molecule has 0 aromatic rings. The molecule has 2 N–H and O–H groups in total. The number of hydrogen-bond acceptors (Lipinski definition) is 2. The van der Waals surface area contributed by atoms with Crippen LogP contribution in [0.25, 0.3) is 0 Å². The van der Waals surface area contributed by atoms with Crippen LogP contribution in [0, 0.1) is 0 Å². The molecule has 8 heavy (non-hydrogen) atoms. The van der Waals surface area contributed by atoms with Gasteiger partial charge in [0.2, 0.25) is 6.34 Å². The molecule has 0 bridgehead atoms. The van der Waals surface area contributed by atoms with Gasteiger partial charge in [0.1, 0.15) is 0 Å². The number of nitrogens with zero attached hydrogens (tertiary/aromatic N) is 1. The molecule has 0 saturated carbocycles.